The number of carboxylic acid groups (broad SMARTS) is 1. The van der Waals surface area contributed by atoms with Crippen molar-refractivity contribution in [1.82, 2.24) is 5.16 Å². The Labute approximate surface area is 201 Å². The molecule has 0 saturated heterocycles. The van der Waals surface area contributed by atoms with Gasteiger partial charge in [-0.05, 0) is 25.5 Å². The first-order chi connectivity index (χ1) is 15.7. The van der Waals surface area contributed by atoms with Crippen LogP contribution in [0.4, 0.5) is 10.5 Å². The number of carboxylic acids is 1. The summed E-state index contributed by atoms with van der Waals surface area (Å²) in [6.07, 6.45) is -1.06. The molecule has 3 rings (SSSR count). The van der Waals surface area contributed by atoms with Crippen molar-refractivity contribution in [1.29, 1.82) is 0 Å². The molecule has 0 radical (unpaired) electrons. The number of aliphatic carboxylic acids is 1. The second-order valence-corrected chi connectivity index (χ2v) is 9.42. The maximum Gasteiger partial charge on any atom is 0.412 e. The van der Waals surface area contributed by atoms with E-state index in [1.165, 1.54) is 0 Å². The summed E-state index contributed by atoms with van der Waals surface area (Å²) < 4.78 is 10.9. The number of rotatable bonds is 9. The number of ether oxygens (including phenoxy) is 1. The second kappa shape index (κ2) is 11.2. The van der Waals surface area contributed by atoms with Crippen molar-refractivity contribution in [3.05, 3.63) is 70.4 Å². The van der Waals surface area contributed by atoms with Gasteiger partial charge in [0.1, 0.15) is 17.5 Å². The number of carbonyl (C=O) groups excluding carboxylic acids is 1. The fraction of sp³-hybridized carbons (Fsp3) is 0.292. The molecule has 0 fully saturated rings. The number of nitrogens with zero attached hydrogens (tertiary/aromatic N) is 1. The monoisotopic (exact) mass is 488 g/mol. The molecule has 174 valence electrons. The lowest BCUT2D eigenvalue weighted by molar-refractivity contribution is -0.136. The van der Waals surface area contributed by atoms with Crippen molar-refractivity contribution in [2.45, 2.75) is 44.3 Å². The van der Waals surface area contributed by atoms with Gasteiger partial charge < -0.3 is 14.4 Å². The van der Waals surface area contributed by atoms with Crippen LogP contribution in [-0.2, 0) is 15.3 Å². The number of carbonyl (C=O) groups is 2. The predicted octanol–water partition coefficient (Wildman–Crippen LogP) is 6.71. The Hall–Kier alpha value is -2.97. The molecule has 9 heteroatoms. The first-order valence-electron chi connectivity index (χ1n) is 10.4. The summed E-state index contributed by atoms with van der Waals surface area (Å²) in [5.41, 5.74) is 3.47. The van der Waals surface area contributed by atoms with Crippen molar-refractivity contribution in [3.8, 4) is 11.3 Å². The van der Waals surface area contributed by atoms with Crippen molar-refractivity contribution >= 4 is 41.1 Å². The fourth-order valence-corrected chi connectivity index (χ4v) is 4.39. The molecule has 7 nitrogen and oxygen atoms in total. The third kappa shape index (κ3) is 6.76. The Balaban J connectivity index is 1.66. The number of hydrogen-bond acceptors (Lipinski definition) is 6. The summed E-state index contributed by atoms with van der Waals surface area (Å²) in [6, 6.07) is 14.8. The highest BCUT2D eigenvalue weighted by Crippen LogP contribution is 2.32. The van der Waals surface area contributed by atoms with Crippen LogP contribution in [-0.4, -0.2) is 27.6 Å². The molecule has 0 aliphatic heterocycles. The number of aromatic nitrogens is 1. The molecule has 2 unspecified atom stereocenters. The molecule has 1 aromatic heterocycles. The van der Waals surface area contributed by atoms with E-state index >= 15 is 0 Å². The lowest BCUT2D eigenvalue weighted by Gasteiger charge is -2.15. The van der Waals surface area contributed by atoms with E-state index in [0.717, 1.165) is 11.1 Å². The Morgan fingerprint density at radius 2 is 1.88 bits per heavy atom. The quantitative estimate of drug-likeness (QED) is 0.345. The Morgan fingerprint density at radius 3 is 2.55 bits per heavy atom. The highest BCUT2D eigenvalue weighted by molar-refractivity contribution is 7.99. The molecule has 2 aromatic carbocycles. The predicted molar refractivity (Wildman–Crippen MR) is 130 cm³/mol. The summed E-state index contributed by atoms with van der Waals surface area (Å²) in [5, 5.41) is 16.1. The summed E-state index contributed by atoms with van der Waals surface area (Å²) in [4.78, 5) is 23.3. The number of halogens is 1. The van der Waals surface area contributed by atoms with E-state index in [1.54, 1.807) is 37.7 Å². The Bertz CT molecular complexity index is 1120. The number of anilines is 1. The number of aryl methyl sites for hydroxylation is 1. The highest BCUT2D eigenvalue weighted by Gasteiger charge is 2.20. The van der Waals surface area contributed by atoms with E-state index in [9.17, 15) is 9.59 Å². The Kier molecular flexibility index (Phi) is 8.41. The molecule has 2 atom stereocenters. The van der Waals surface area contributed by atoms with Crippen molar-refractivity contribution in [2.24, 2.45) is 0 Å². The van der Waals surface area contributed by atoms with Gasteiger partial charge in [0.15, 0.2) is 5.76 Å². The van der Waals surface area contributed by atoms with Gasteiger partial charge in [0.2, 0.25) is 0 Å². The summed E-state index contributed by atoms with van der Waals surface area (Å²) in [6.45, 7) is 5.37. The molecule has 3 aromatic rings. The summed E-state index contributed by atoms with van der Waals surface area (Å²) >= 11 is 7.77. The van der Waals surface area contributed by atoms with Gasteiger partial charge in [-0.15, -0.1) is 0 Å². The molecule has 33 heavy (non-hydrogen) atoms. The van der Waals surface area contributed by atoms with E-state index in [2.05, 4.69) is 10.5 Å². The van der Waals surface area contributed by atoms with Crippen LogP contribution in [0.25, 0.3) is 11.3 Å². The van der Waals surface area contributed by atoms with Gasteiger partial charge >= 0.3 is 12.1 Å². The van der Waals surface area contributed by atoms with Crippen LogP contribution in [0.15, 0.2) is 53.1 Å². The molecule has 0 aliphatic rings. The van der Waals surface area contributed by atoms with Crippen LogP contribution in [0.5, 0.6) is 0 Å². The van der Waals surface area contributed by atoms with Crippen LogP contribution in [0.3, 0.4) is 0 Å². The van der Waals surface area contributed by atoms with Crippen LogP contribution < -0.4 is 5.32 Å². The second-order valence-electron chi connectivity index (χ2n) is 7.58. The van der Waals surface area contributed by atoms with E-state index < -0.39 is 18.2 Å². The standard InChI is InChI=1S/C24H25ClN2O5S/c1-14(12-21(28)29)33-13-17-8-10-18(11-9-17)23-22(15(2)27-32-23)26-24(30)31-16(3)19-6-4-5-7-20(19)25/h4-11,14,16H,12-13H2,1-3H3,(H,26,30)(H,28,29). The lowest BCUT2D eigenvalue weighted by Crippen LogP contribution is -2.17. The van der Waals surface area contributed by atoms with Gasteiger partial charge in [-0.25, -0.2) is 4.79 Å². The number of thioether (sulfide) groups is 1. The zero-order valence-corrected chi connectivity index (χ0v) is 20.1. The third-order valence-electron chi connectivity index (χ3n) is 4.93. The molecule has 0 aliphatic carbocycles. The van der Waals surface area contributed by atoms with Crippen molar-refractivity contribution in [3.63, 3.8) is 0 Å². The molecule has 1 heterocycles. The van der Waals surface area contributed by atoms with Crippen molar-refractivity contribution < 1.29 is 24.0 Å². The van der Waals surface area contributed by atoms with E-state index in [1.807, 2.05) is 43.3 Å². The zero-order chi connectivity index (χ0) is 24.0. The van der Waals surface area contributed by atoms with Gasteiger partial charge in [0.05, 0.1) is 6.42 Å². The summed E-state index contributed by atoms with van der Waals surface area (Å²) in [7, 11) is 0. The minimum atomic E-state index is -0.800. The van der Waals surface area contributed by atoms with Crippen LogP contribution in [0.1, 0.15) is 43.2 Å². The number of amides is 1. The largest absolute Gasteiger partial charge is 0.481 e. The molecule has 2 N–H and O–H groups in total. The Morgan fingerprint density at radius 1 is 1.18 bits per heavy atom. The van der Waals surface area contributed by atoms with Crippen LogP contribution in [0.2, 0.25) is 5.02 Å². The lowest BCUT2D eigenvalue weighted by atomic mass is 10.1. The average Bonchev–Trinajstić information content (AvgIpc) is 3.12. The van der Waals surface area contributed by atoms with Crippen LogP contribution >= 0.6 is 23.4 Å². The molecule has 0 spiro atoms. The highest BCUT2D eigenvalue weighted by atomic mass is 35.5. The smallest absolute Gasteiger partial charge is 0.412 e. The van der Waals surface area contributed by atoms with Gasteiger partial charge in [0, 0.05) is 27.2 Å². The van der Waals surface area contributed by atoms with Crippen molar-refractivity contribution in [2.75, 3.05) is 5.32 Å². The summed E-state index contributed by atoms with van der Waals surface area (Å²) in [5.74, 6) is 0.320. The first kappa shape index (κ1) is 24.7. The van der Waals surface area contributed by atoms with E-state index in [-0.39, 0.29) is 11.7 Å². The molecule has 1 amide bonds. The maximum absolute atomic E-state index is 12.5. The maximum atomic E-state index is 12.5. The number of nitrogens with one attached hydrogen (secondary N) is 1. The topological polar surface area (TPSA) is 102 Å². The number of hydrogen-bond donors (Lipinski definition) is 2. The SMILES string of the molecule is Cc1noc(-c2ccc(CSC(C)CC(=O)O)cc2)c1NC(=O)OC(C)c1ccccc1Cl. The average molecular weight is 489 g/mol. The molecule has 0 saturated carbocycles. The van der Waals surface area contributed by atoms with Gasteiger partial charge in [-0.1, -0.05) is 66.1 Å². The fourth-order valence-electron chi connectivity index (χ4n) is 3.17. The minimum Gasteiger partial charge on any atom is -0.481 e. The normalized spacial score (nSPS) is 12.7. The molecular formula is C24H25ClN2O5S. The number of benzene rings is 2. The molecule has 0 bridgehead atoms. The molecular weight excluding hydrogens is 464 g/mol. The van der Waals surface area contributed by atoms with Gasteiger partial charge in [0.25, 0.3) is 0 Å². The van der Waals surface area contributed by atoms with Gasteiger partial charge in [-0.2, -0.15) is 11.8 Å². The first-order valence-corrected chi connectivity index (χ1v) is 11.8. The zero-order valence-electron chi connectivity index (χ0n) is 18.5. The third-order valence-corrected chi connectivity index (χ3v) is 6.51. The van der Waals surface area contributed by atoms with Crippen LogP contribution in [0, 0.1) is 6.92 Å². The van der Waals surface area contributed by atoms with Gasteiger partial charge in [-0.3, -0.25) is 10.1 Å². The minimum absolute atomic E-state index is 0.0223. The van der Waals surface area contributed by atoms with E-state index in [4.69, 9.17) is 26.0 Å². The van der Waals surface area contributed by atoms with E-state index in [0.29, 0.717) is 33.5 Å².